The molecule has 0 saturated carbocycles. The molecule has 0 unspecified atom stereocenters. The molecule has 0 spiro atoms. The first kappa shape index (κ1) is 19.4. The number of rotatable bonds is 9. The van der Waals surface area contributed by atoms with Crippen LogP contribution in [0.5, 0.6) is 23.0 Å². The molecule has 0 heterocycles. The summed E-state index contributed by atoms with van der Waals surface area (Å²) in [6.45, 7) is 0. The molecule has 5 heteroatoms. The van der Waals surface area contributed by atoms with Gasteiger partial charge in [-0.15, -0.1) is 0 Å². The Hall–Kier alpha value is -2.95. The Morgan fingerprint density at radius 1 is 0.923 bits per heavy atom. The third-order valence-corrected chi connectivity index (χ3v) is 4.05. The first-order chi connectivity index (χ1) is 12.5. The second-order valence-corrected chi connectivity index (χ2v) is 5.92. The van der Waals surface area contributed by atoms with Gasteiger partial charge in [-0.05, 0) is 60.7 Å². The van der Waals surface area contributed by atoms with E-state index in [0.717, 1.165) is 24.0 Å². The van der Waals surface area contributed by atoms with Crippen molar-refractivity contribution in [2.24, 2.45) is 0 Å². The first-order valence-corrected chi connectivity index (χ1v) is 8.44. The third kappa shape index (κ3) is 5.55. The van der Waals surface area contributed by atoms with E-state index in [2.05, 4.69) is 0 Å². The Labute approximate surface area is 153 Å². The van der Waals surface area contributed by atoms with Crippen LogP contribution in [-0.4, -0.2) is 30.2 Å². The predicted octanol–water partition coefficient (Wildman–Crippen LogP) is 3.81. The monoisotopic (exact) mass is 356 g/mol. The van der Waals surface area contributed by atoms with E-state index < -0.39 is 0 Å². The minimum atomic E-state index is 0.0559. The number of benzene rings is 2. The number of aromatic hydroxyl groups is 2. The Bertz CT molecular complexity index is 780. The lowest BCUT2D eigenvalue weighted by Gasteiger charge is -2.06. The zero-order valence-electron chi connectivity index (χ0n) is 15.1. The highest BCUT2D eigenvalue weighted by Crippen LogP contribution is 2.27. The second-order valence-electron chi connectivity index (χ2n) is 5.92. The number of aryl methyl sites for hydroxylation is 2. The van der Waals surface area contributed by atoms with Gasteiger partial charge >= 0.3 is 0 Å². The maximum Gasteiger partial charge on any atom is 0.160 e. The summed E-state index contributed by atoms with van der Waals surface area (Å²) in [5.41, 5.74) is 1.98. The van der Waals surface area contributed by atoms with Crippen LogP contribution in [0.2, 0.25) is 0 Å². The number of methoxy groups -OCH3 is 2. The summed E-state index contributed by atoms with van der Waals surface area (Å²) in [4.78, 5) is 12.0. The molecule has 0 amide bonds. The van der Waals surface area contributed by atoms with Gasteiger partial charge in [0.1, 0.15) is 0 Å². The second kappa shape index (κ2) is 9.51. The van der Waals surface area contributed by atoms with Crippen LogP contribution in [0.3, 0.4) is 0 Å². The van der Waals surface area contributed by atoms with Crippen molar-refractivity contribution in [1.82, 2.24) is 0 Å². The van der Waals surface area contributed by atoms with Gasteiger partial charge < -0.3 is 19.7 Å². The van der Waals surface area contributed by atoms with Crippen molar-refractivity contribution in [2.45, 2.75) is 25.7 Å². The van der Waals surface area contributed by atoms with Crippen molar-refractivity contribution in [1.29, 1.82) is 0 Å². The molecule has 0 bridgehead atoms. The lowest BCUT2D eigenvalue weighted by Crippen LogP contribution is -1.97. The van der Waals surface area contributed by atoms with Gasteiger partial charge in [-0.2, -0.15) is 0 Å². The van der Waals surface area contributed by atoms with Crippen LogP contribution < -0.4 is 9.47 Å². The minimum absolute atomic E-state index is 0.0559. The van der Waals surface area contributed by atoms with Crippen LogP contribution in [-0.2, 0) is 17.6 Å². The van der Waals surface area contributed by atoms with Crippen molar-refractivity contribution in [3.8, 4) is 23.0 Å². The van der Waals surface area contributed by atoms with E-state index in [0.29, 0.717) is 24.3 Å². The molecule has 2 aromatic rings. The zero-order chi connectivity index (χ0) is 18.9. The Morgan fingerprint density at radius 2 is 1.46 bits per heavy atom. The summed E-state index contributed by atoms with van der Waals surface area (Å²) in [7, 11) is 3.01. The summed E-state index contributed by atoms with van der Waals surface area (Å²) >= 11 is 0. The smallest absolute Gasteiger partial charge is 0.160 e. The average Bonchev–Trinajstić information content (AvgIpc) is 2.65. The highest BCUT2D eigenvalue weighted by molar-refractivity contribution is 5.89. The minimum Gasteiger partial charge on any atom is -0.504 e. The van der Waals surface area contributed by atoms with Gasteiger partial charge in [0.05, 0.1) is 14.2 Å². The molecule has 138 valence electrons. The molecule has 0 atom stereocenters. The lowest BCUT2D eigenvalue weighted by molar-refractivity contribution is -0.114. The van der Waals surface area contributed by atoms with Crippen LogP contribution in [0.1, 0.15) is 24.0 Å². The van der Waals surface area contributed by atoms with Gasteiger partial charge in [0.25, 0.3) is 0 Å². The molecule has 0 aliphatic heterocycles. The normalized spacial score (nSPS) is 10.8. The topological polar surface area (TPSA) is 76.0 Å². The van der Waals surface area contributed by atoms with Gasteiger partial charge in [-0.3, -0.25) is 4.79 Å². The molecular weight excluding hydrogens is 332 g/mol. The largest absolute Gasteiger partial charge is 0.504 e. The lowest BCUT2D eigenvalue weighted by atomic mass is 10.1. The molecule has 0 aromatic heterocycles. The summed E-state index contributed by atoms with van der Waals surface area (Å²) in [5, 5.41) is 19.1. The van der Waals surface area contributed by atoms with Crippen molar-refractivity contribution in [3.05, 3.63) is 59.7 Å². The van der Waals surface area contributed by atoms with Crippen molar-refractivity contribution in [2.75, 3.05) is 14.2 Å². The zero-order valence-corrected chi connectivity index (χ0v) is 15.1. The van der Waals surface area contributed by atoms with Gasteiger partial charge in [-0.1, -0.05) is 18.2 Å². The molecule has 0 fully saturated rings. The Balaban J connectivity index is 1.79. The molecule has 5 nitrogen and oxygen atoms in total. The van der Waals surface area contributed by atoms with E-state index in [1.807, 2.05) is 12.1 Å². The molecule has 26 heavy (non-hydrogen) atoms. The summed E-state index contributed by atoms with van der Waals surface area (Å²) in [5.74, 6) is 1.13. The Kier molecular flexibility index (Phi) is 7.09. The van der Waals surface area contributed by atoms with Gasteiger partial charge in [0, 0.05) is 6.42 Å². The number of hydrogen-bond acceptors (Lipinski definition) is 5. The van der Waals surface area contributed by atoms with Gasteiger partial charge in [0.15, 0.2) is 28.8 Å². The summed E-state index contributed by atoms with van der Waals surface area (Å²) in [6.07, 6.45) is 5.95. The van der Waals surface area contributed by atoms with E-state index in [1.165, 1.54) is 14.2 Å². The summed E-state index contributed by atoms with van der Waals surface area (Å²) in [6, 6.07) is 10.3. The first-order valence-electron chi connectivity index (χ1n) is 8.44. The number of ketones is 1. The number of phenolic OH excluding ortho intramolecular Hbond substituents is 2. The van der Waals surface area contributed by atoms with Crippen LogP contribution in [0.25, 0.3) is 0 Å². The quantitative estimate of drug-likeness (QED) is 0.668. The fraction of sp³-hybridized carbons (Fsp3) is 0.286. The third-order valence-electron chi connectivity index (χ3n) is 4.05. The molecular formula is C21H24O5. The maximum absolute atomic E-state index is 12.0. The number of hydrogen-bond donors (Lipinski definition) is 2. The van der Waals surface area contributed by atoms with Crippen LogP contribution in [0, 0.1) is 0 Å². The van der Waals surface area contributed by atoms with E-state index in [1.54, 1.807) is 36.4 Å². The number of carbonyl (C=O) groups excluding carboxylic acids is 1. The Morgan fingerprint density at radius 3 is 2.00 bits per heavy atom. The molecule has 0 radical (unpaired) electrons. The number of allylic oxidation sites excluding steroid dienone is 2. The predicted molar refractivity (Wildman–Crippen MR) is 100 cm³/mol. The highest BCUT2D eigenvalue weighted by atomic mass is 16.5. The standard InChI is InChI=1S/C21H24O5/c1-25-20-13-15(8-11-18(20)23)5-3-4-6-17(22)10-7-16-9-12-19(24)21(14-16)26-2/h4,6,8-9,11-14,23-24H,3,5,7,10H2,1-2H3. The molecule has 0 aliphatic rings. The van der Waals surface area contributed by atoms with Crippen molar-refractivity contribution in [3.63, 3.8) is 0 Å². The molecule has 2 aromatic carbocycles. The fourth-order valence-corrected chi connectivity index (χ4v) is 2.57. The average molecular weight is 356 g/mol. The summed E-state index contributed by atoms with van der Waals surface area (Å²) < 4.78 is 10.1. The SMILES string of the molecule is COc1cc(CCC=CC(=O)CCc2ccc(O)c(OC)c2)ccc1O. The molecule has 0 saturated heterocycles. The van der Waals surface area contributed by atoms with Crippen molar-refractivity contribution < 1.29 is 24.5 Å². The van der Waals surface area contributed by atoms with Crippen LogP contribution >= 0.6 is 0 Å². The van der Waals surface area contributed by atoms with E-state index >= 15 is 0 Å². The van der Waals surface area contributed by atoms with E-state index in [9.17, 15) is 15.0 Å². The fourth-order valence-electron chi connectivity index (χ4n) is 2.57. The van der Waals surface area contributed by atoms with Gasteiger partial charge in [-0.25, -0.2) is 0 Å². The molecule has 0 aliphatic carbocycles. The molecule has 2 rings (SSSR count). The van der Waals surface area contributed by atoms with E-state index in [-0.39, 0.29) is 17.3 Å². The van der Waals surface area contributed by atoms with E-state index in [4.69, 9.17) is 9.47 Å². The van der Waals surface area contributed by atoms with Crippen LogP contribution in [0.4, 0.5) is 0 Å². The number of phenols is 2. The number of ether oxygens (including phenoxy) is 2. The maximum atomic E-state index is 12.0. The van der Waals surface area contributed by atoms with Crippen molar-refractivity contribution >= 4 is 5.78 Å². The molecule has 2 N–H and O–H groups in total. The van der Waals surface area contributed by atoms with Gasteiger partial charge in [0.2, 0.25) is 0 Å². The van der Waals surface area contributed by atoms with Crippen LogP contribution in [0.15, 0.2) is 48.6 Å². The number of carbonyl (C=O) groups is 1. The highest BCUT2D eigenvalue weighted by Gasteiger charge is 2.05.